The van der Waals surface area contributed by atoms with E-state index in [1.807, 2.05) is 4.90 Å². The van der Waals surface area contributed by atoms with Crippen molar-refractivity contribution < 1.29 is 14.3 Å². The number of amides is 1. The number of hydrogen-bond donors (Lipinski definition) is 0. The maximum absolute atomic E-state index is 12.6. The van der Waals surface area contributed by atoms with Gasteiger partial charge in [-0.1, -0.05) is 6.42 Å². The molecule has 1 aromatic heterocycles. The highest BCUT2D eigenvalue weighted by Crippen LogP contribution is 2.42. The van der Waals surface area contributed by atoms with E-state index in [9.17, 15) is 4.79 Å². The number of hydrogen-bond acceptors (Lipinski definition) is 5. The van der Waals surface area contributed by atoms with E-state index in [-0.39, 0.29) is 11.3 Å². The van der Waals surface area contributed by atoms with Crippen molar-refractivity contribution in [2.45, 2.75) is 19.3 Å². The lowest BCUT2D eigenvalue weighted by Crippen LogP contribution is -2.38. The Morgan fingerprint density at radius 3 is 3.09 bits per heavy atom. The summed E-state index contributed by atoms with van der Waals surface area (Å²) in [6.07, 6.45) is 7.03. The lowest BCUT2D eigenvalue weighted by molar-refractivity contribution is -0.0000974. The van der Waals surface area contributed by atoms with Crippen molar-refractivity contribution in [1.82, 2.24) is 15.1 Å². The maximum atomic E-state index is 12.6. The fraction of sp³-hybridized carbons (Fsp3) is 0.706. The van der Waals surface area contributed by atoms with Crippen LogP contribution in [0.4, 0.5) is 0 Å². The van der Waals surface area contributed by atoms with Gasteiger partial charge in [-0.15, -0.1) is 0 Å². The number of likely N-dealkylation sites (tertiary alicyclic amines) is 1. The molecule has 3 heterocycles. The highest BCUT2D eigenvalue weighted by Gasteiger charge is 2.52. The second kappa shape index (κ2) is 6.17. The van der Waals surface area contributed by atoms with Gasteiger partial charge in [-0.3, -0.25) is 4.79 Å². The van der Waals surface area contributed by atoms with Crippen molar-refractivity contribution >= 4 is 5.91 Å². The Kier molecular flexibility index (Phi) is 4.03. The highest BCUT2D eigenvalue weighted by atomic mass is 16.5. The minimum atomic E-state index is -0.0279. The van der Waals surface area contributed by atoms with Gasteiger partial charge in [0.05, 0.1) is 37.8 Å². The molecule has 2 aliphatic heterocycles. The van der Waals surface area contributed by atoms with Crippen molar-refractivity contribution in [3.8, 4) is 0 Å². The van der Waals surface area contributed by atoms with Gasteiger partial charge in [-0.2, -0.15) is 10.2 Å². The van der Waals surface area contributed by atoms with E-state index in [1.54, 1.807) is 12.3 Å². The third kappa shape index (κ3) is 2.85. The molecule has 6 heteroatoms. The maximum Gasteiger partial charge on any atom is 0.255 e. The quantitative estimate of drug-likeness (QED) is 0.821. The number of fused-ring (bicyclic) bond motifs is 1. The topological polar surface area (TPSA) is 64.6 Å². The largest absolute Gasteiger partial charge is 0.380 e. The molecule has 1 aliphatic carbocycles. The average Bonchev–Trinajstić information content (AvgIpc) is 3.07. The van der Waals surface area contributed by atoms with Crippen LogP contribution < -0.4 is 0 Å². The zero-order valence-corrected chi connectivity index (χ0v) is 13.3. The van der Waals surface area contributed by atoms with Crippen LogP contribution in [0.1, 0.15) is 29.6 Å². The van der Waals surface area contributed by atoms with Crippen molar-refractivity contribution in [1.29, 1.82) is 0 Å². The number of nitrogens with zero attached hydrogens (tertiary/aromatic N) is 3. The van der Waals surface area contributed by atoms with Crippen molar-refractivity contribution in [2.24, 2.45) is 17.3 Å². The van der Waals surface area contributed by atoms with Gasteiger partial charge < -0.3 is 14.4 Å². The molecule has 0 aromatic carbocycles. The molecule has 4 rings (SSSR count). The molecule has 1 aromatic rings. The van der Waals surface area contributed by atoms with Crippen LogP contribution in [0.25, 0.3) is 0 Å². The highest BCUT2D eigenvalue weighted by molar-refractivity contribution is 5.94. The molecule has 3 fully saturated rings. The Balaban J connectivity index is 1.40. The van der Waals surface area contributed by atoms with Crippen molar-refractivity contribution in [3.63, 3.8) is 0 Å². The van der Waals surface area contributed by atoms with Crippen LogP contribution in [0.3, 0.4) is 0 Å². The van der Waals surface area contributed by atoms with Crippen LogP contribution in [-0.2, 0) is 9.47 Å². The summed E-state index contributed by atoms with van der Waals surface area (Å²) in [5.74, 6) is 1.16. The molecule has 0 radical (unpaired) electrons. The van der Waals surface area contributed by atoms with Gasteiger partial charge in [-0.05, 0) is 24.8 Å². The molecule has 2 atom stereocenters. The molecule has 3 aliphatic rings. The minimum absolute atomic E-state index is 0.0279. The first-order chi connectivity index (χ1) is 11.3. The van der Waals surface area contributed by atoms with E-state index in [0.717, 1.165) is 25.7 Å². The van der Waals surface area contributed by atoms with E-state index in [4.69, 9.17) is 9.47 Å². The normalized spacial score (nSPS) is 30.3. The number of rotatable bonds is 5. The van der Waals surface area contributed by atoms with E-state index in [0.29, 0.717) is 31.2 Å². The Morgan fingerprint density at radius 1 is 1.43 bits per heavy atom. The lowest BCUT2D eigenvalue weighted by Gasteiger charge is -2.30. The van der Waals surface area contributed by atoms with Gasteiger partial charge >= 0.3 is 0 Å². The fourth-order valence-corrected chi connectivity index (χ4v) is 3.88. The third-order valence-corrected chi connectivity index (χ3v) is 5.61. The fourth-order valence-electron chi connectivity index (χ4n) is 3.88. The van der Waals surface area contributed by atoms with Crippen LogP contribution in [0, 0.1) is 17.3 Å². The smallest absolute Gasteiger partial charge is 0.255 e. The molecular weight excluding hydrogens is 294 g/mol. The Bertz CT molecular complexity index is 563. The van der Waals surface area contributed by atoms with Gasteiger partial charge in [0, 0.05) is 31.0 Å². The Hall–Kier alpha value is -1.53. The summed E-state index contributed by atoms with van der Waals surface area (Å²) in [7, 11) is 0. The van der Waals surface area contributed by atoms with E-state index in [1.165, 1.54) is 25.5 Å². The molecule has 0 bridgehead atoms. The van der Waals surface area contributed by atoms with Gasteiger partial charge in [0.1, 0.15) is 0 Å². The molecule has 1 amide bonds. The summed E-state index contributed by atoms with van der Waals surface area (Å²) in [4.78, 5) is 14.6. The van der Waals surface area contributed by atoms with Gasteiger partial charge in [0.2, 0.25) is 0 Å². The molecule has 0 unspecified atom stereocenters. The Labute approximate surface area is 136 Å². The van der Waals surface area contributed by atoms with Crippen LogP contribution in [0.5, 0.6) is 0 Å². The van der Waals surface area contributed by atoms with E-state index >= 15 is 0 Å². The summed E-state index contributed by atoms with van der Waals surface area (Å²) >= 11 is 0. The molecule has 124 valence electrons. The SMILES string of the molecule is O=C(c1ccnnc1)N1C[C@@H]2COC[C@]2(COCC2CCC2)C1. The molecule has 2 saturated heterocycles. The molecule has 0 N–H and O–H groups in total. The number of carbonyl (C=O) groups is 1. The zero-order chi connectivity index (χ0) is 15.7. The van der Waals surface area contributed by atoms with E-state index in [2.05, 4.69) is 10.2 Å². The first-order valence-electron chi connectivity index (χ1n) is 8.48. The number of ether oxygens (including phenoxy) is 2. The van der Waals surface area contributed by atoms with Gasteiger partial charge in [-0.25, -0.2) is 0 Å². The molecule has 6 nitrogen and oxygen atoms in total. The van der Waals surface area contributed by atoms with Crippen molar-refractivity contribution in [3.05, 3.63) is 24.0 Å². The number of carbonyl (C=O) groups excluding carboxylic acids is 1. The summed E-state index contributed by atoms with van der Waals surface area (Å²) < 4.78 is 11.7. The van der Waals surface area contributed by atoms with Crippen molar-refractivity contribution in [2.75, 3.05) is 39.5 Å². The monoisotopic (exact) mass is 317 g/mol. The molecule has 23 heavy (non-hydrogen) atoms. The second-order valence-electron chi connectivity index (χ2n) is 7.20. The first-order valence-corrected chi connectivity index (χ1v) is 8.48. The predicted octanol–water partition coefficient (Wildman–Crippen LogP) is 1.38. The standard InChI is InChI=1S/C17H23N3O3/c21-16(14-4-5-18-19-6-14)20-7-15-9-23-12-17(15,10-20)11-22-8-13-2-1-3-13/h4-6,13,15H,1-3,7-12H2/t15-,17-/m1/s1. The van der Waals surface area contributed by atoms with Crippen LogP contribution in [0.15, 0.2) is 18.5 Å². The number of aromatic nitrogens is 2. The zero-order valence-electron chi connectivity index (χ0n) is 13.3. The van der Waals surface area contributed by atoms with Gasteiger partial charge in [0.25, 0.3) is 5.91 Å². The Morgan fingerprint density at radius 2 is 2.35 bits per heavy atom. The summed E-state index contributed by atoms with van der Waals surface area (Å²) in [6, 6.07) is 1.72. The summed E-state index contributed by atoms with van der Waals surface area (Å²) in [5, 5.41) is 7.54. The first kappa shape index (κ1) is 15.0. The van der Waals surface area contributed by atoms with Crippen LogP contribution in [0.2, 0.25) is 0 Å². The van der Waals surface area contributed by atoms with Crippen LogP contribution >= 0.6 is 0 Å². The second-order valence-corrected chi connectivity index (χ2v) is 7.20. The summed E-state index contributed by atoms with van der Waals surface area (Å²) in [6.45, 7) is 4.44. The molecule has 0 spiro atoms. The lowest BCUT2D eigenvalue weighted by atomic mass is 9.81. The van der Waals surface area contributed by atoms with E-state index < -0.39 is 0 Å². The molecular formula is C17H23N3O3. The third-order valence-electron chi connectivity index (χ3n) is 5.61. The van der Waals surface area contributed by atoms with Crippen LogP contribution in [-0.4, -0.2) is 60.5 Å². The minimum Gasteiger partial charge on any atom is -0.380 e. The molecule has 1 saturated carbocycles. The van der Waals surface area contributed by atoms with Gasteiger partial charge in [0.15, 0.2) is 0 Å². The average molecular weight is 317 g/mol. The summed E-state index contributed by atoms with van der Waals surface area (Å²) in [5.41, 5.74) is 0.575. The predicted molar refractivity (Wildman–Crippen MR) is 82.8 cm³/mol.